The number of hydrogen-bond acceptors (Lipinski definition) is 3. The summed E-state index contributed by atoms with van der Waals surface area (Å²) in [5.41, 5.74) is 0.418. The van der Waals surface area contributed by atoms with Crippen LogP contribution in [-0.2, 0) is 0 Å². The molecule has 0 saturated carbocycles. The van der Waals surface area contributed by atoms with E-state index in [1.807, 2.05) is 0 Å². The SMILES string of the molecule is COc1cc(Cl)cc(C=O)c1OCC(C)CC(C)C. The molecule has 0 bridgehead atoms. The number of rotatable bonds is 7. The molecule has 3 nitrogen and oxygen atoms in total. The van der Waals surface area contributed by atoms with Crippen LogP contribution in [-0.4, -0.2) is 20.0 Å². The minimum absolute atomic E-state index is 0.417. The zero-order valence-electron chi connectivity index (χ0n) is 11.9. The van der Waals surface area contributed by atoms with Gasteiger partial charge in [0.2, 0.25) is 0 Å². The van der Waals surface area contributed by atoms with Crippen LogP contribution in [0.25, 0.3) is 0 Å². The maximum absolute atomic E-state index is 11.1. The van der Waals surface area contributed by atoms with Gasteiger partial charge in [0.05, 0.1) is 19.3 Å². The van der Waals surface area contributed by atoms with Gasteiger partial charge in [-0.25, -0.2) is 0 Å². The fourth-order valence-corrected chi connectivity index (χ4v) is 2.30. The number of halogens is 1. The van der Waals surface area contributed by atoms with Gasteiger partial charge in [-0.05, 0) is 24.3 Å². The highest BCUT2D eigenvalue weighted by Crippen LogP contribution is 2.34. The van der Waals surface area contributed by atoms with Crippen LogP contribution < -0.4 is 9.47 Å². The molecule has 0 aliphatic carbocycles. The first-order chi connectivity index (χ1) is 8.97. The molecule has 19 heavy (non-hydrogen) atoms. The molecule has 1 aromatic carbocycles. The molecule has 4 heteroatoms. The topological polar surface area (TPSA) is 35.5 Å². The normalized spacial score (nSPS) is 12.3. The van der Waals surface area contributed by atoms with Crippen molar-refractivity contribution in [2.24, 2.45) is 11.8 Å². The molecule has 1 rings (SSSR count). The fraction of sp³-hybridized carbons (Fsp3) is 0.533. The molecule has 106 valence electrons. The second-order valence-electron chi connectivity index (χ2n) is 5.19. The minimum Gasteiger partial charge on any atom is -0.493 e. The zero-order valence-corrected chi connectivity index (χ0v) is 12.7. The molecule has 1 unspecified atom stereocenters. The summed E-state index contributed by atoms with van der Waals surface area (Å²) in [7, 11) is 1.53. The summed E-state index contributed by atoms with van der Waals surface area (Å²) in [6, 6.07) is 3.23. The third-order valence-corrected chi connectivity index (χ3v) is 3.00. The molecule has 0 heterocycles. The van der Waals surface area contributed by atoms with Crippen LogP contribution in [0.15, 0.2) is 12.1 Å². The van der Waals surface area contributed by atoms with E-state index < -0.39 is 0 Å². The lowest BCUT2D eigenvalue weighted by Gasteiger charge is -2.17. The number of carbonyl (C=O) groups is 1. The van der Waals surface area contributed by atoms with Crippen LogP contribution in [0, 0.1) is 11.8 Å². The molecular weight excluding hydrogens is 264 g/mol. The third kappa shape index (κ3) is 4.75. The van der Waals surface area contributed by atoms with Crippen molar-refractivity contribution >= 4 is 17.9 Å². The number of ether oxygens (including phenoxy) is 2. The van der Waals surface area contributed by atoms with Crippen LogP contribution in [0.4, 0.5) is 0 Å². The van der Waals surface area contributed by atoms with E-state index in [9.17, 15) is 4.79 Å². The number of carbonyl (C=O) groups excluding carboxylic acids is 1. The highest BCUT2D eigenvalue weighted by Gasteiger charge is 2.14. The van der Waals surface area contributed by atoms with Gasteiger partial charge in [-0.3, -0.25) is 4.79 Å². The maximum Gasteiger partial charge on any atom is 0.171 e. The first-order valence-corrected chi connectivity index (χ1v) is 6.81. The van der Waals surface area contributed by atoms with Crippen LogP contribution in [0.2, 0.25) is 5.02 Å². The Kier molecular flexibility index (Phi) is 6.16. The molecule has 0 saturated heterocycles. The first kappa shape index (κ1) is 15.8. The van der Waals surface area contributed by atoms with Crippen molar-refractivity contribution in [3.05, 3.63) is 22.7 Å². The lowest BCUT2D eigenvalue weighted by molar-refractivity contribution is 0.111. The molecule has 0 spiro atoms. The van der Waals surface area contributed by atoms with E-state index in [1.54, 1.807) is 12.1 Å². The maximum atomic E-state index is 11.1. The van der Waals surface area contributed by atoms with Crippen LogP contribution in [0.1, 0.15) is 37.6 Å². The highest BCUT2D eigenvalue weighted by molar-refractivity contribution is 6.31. The summed E-state index contributed by atoms with van der Waals surface area (Å²) >= 11 is 5.92. The molecule has 0 aliphatic heterocycles. The number of aldehydes is 1. The fourth-order valence-electron chi connectivity index (χ4n) is 2.08. The number of methoxy groups -OCH3 is 1. The summed E-state index contributed by atoms with van der Waals surface area (Å²) in [6.07, 6.45) is 1.81. The van der Waals surface area contributed by atoms with E-state index in [1.165, 1.54) is 7.11 Å². The predicted octanol–water partition coefficient (Wildman–Crippen LogP) is 4.22. The summed E-state index contributed by atoms with van der Waals surface area (Å²) in [5, 5.41) is 0.460. The Morgan fingerprint density at radius 1 is 1.32 bits per heavy atom. The van der Waals surface area contributed by atoms with Crippen LogP contribution >= 0.6 is 11.6 Å². The monoisotopic (exact) mass is 284 g/mol. The standard InChI is InChI=1S/C15H21ClO3/c1-10(2)5-11(3)9-19-15-12(8-17)6-13(16)7-14(15)18-4/h6-8,10-11H,5,9H2,1-4H3. The lowest BCUT2D eigenvalue weighted by Crippen LogP contribution is -2.12. The van der Waals surface area contributed by atoms with E-state index in [2.05, 4.69) is 20.8 Å². The van der Waals surface area contributed by atoms with Crippen molar-refractivity contribution in [3.8, 4) is 11.5 Å². The highest BCUT2D eigenvalue weighted by atomic mass is 35.5. The summed E-state index contributed by atoms with van der Waals surface area (Å²) < 4.78 is 11.0. The van der Waals surface area contributed by atoms with Crippen molar-refractivity contribution in [2.45, 2.75) is 27.2 Å². The Morgan fingerprint density at radius 3 is 2.53 bits per heavy atom. The summed E-state index contributed by atoms with van der Waals surface area (Å²) in [6.45, 7) is 7.03. The summed E-state index contributed by atoms with van der Waals surface area (Å²) in [4.78, 5) is 11.1. The van der Waals surface area contributed by atoms with E-state index in [0.717, 1.165) is 12.7 Å². The molecule has 1 atom stereocenters. The Hall–Kier alpha value is -1.22. The molecular formula is C15H21ClO3. The van der Waals surface area contributed by atoms with Gasteiger partial charge in [-0.15, -0.1) is 0 Å². The smallest absolute Gasteiger partial charge is 0.171 e. The zero-order chi connectivity index (χ0) is 14.4. The van der Waals surface area contributed by atoms with E-state index >= 15 is 0 Å². The molecule has 0 radical (unpaired) electrons. The summed E-state index contributed by atoms with van der Waals surface area (Å²) in [5.74, 6) is 2.00. The minimum atomic E-state index is 0.417. The second-order valence-corrected chi connectivity index (χ2v) is 5.63. The Bertz CT molecular complexity index is 430. The predicted molar refractivity (Wildman–Crippen MR) is 77.5 cm³/mol. The Labute approximate surface area is 119 Å². The van der Waals surface area contributed by atoms with Crippen molar-refractivity contribution in [3.63, 3.8) is 0 Å². The van der Waals surface area contributed by atoms with Crippen LogP contribution in [0.3, 0.4) is 0 Å². The lowest BCUT2D eigenvalue weighted by atomic mass is 10.00. The van der Waals surface area contributed by atoms with E-state index in [4.69, 9.17) is 21.1 Å². The van der Waals surface area contributed by atoms with Gasteiger partial charge in [0, 0.05) is 11.1 Å². The Balaban J connectivity index is 2.84. The molecule has 1 aromatic rings. The van der Waals surface area contributed by atoms with Crippen molar-refractivity contribution in [2.75, 3.05) is 13.7 Å². The largest absolute Gasteiger partial charge is 0.493 e. The van der Waals surface area contributed by atoms with Gasteiger partial charge in [0.25, 0.3) is 0 Å². The van der Waals surface area contributed by atoms with E-state index in [-0.39, 0.29) is 0 Å². The van der Waals surface area contributed by atoms with E-state index in [0.29, 0.717) is 40.5 Å². The molecule has 0 aliphatic rings. The molecule has 0 fully saturated rings. The number of benzene rings is 1. The average molecular weight is 285 g/mol. The first-order valence-electron chi connectivity index (χ1n) is 6.43. The van der Waals surface area contributed by atoms with Gasteiger partial charge in [0.15, 0.2) is 17.8 Å². The van der Waals surface area contributed by atoms with Gasteiger partial charge < -0.3 is 9.47 Å². The van der Waals surface area contributed by atoms with Crippen molar-refractivity contribution in [1.82, 2.24) is 0 Å². The third-order valence-electron chi connectivity index (χ3n) is 2.78. The van der Waals surface area contributed by atoms with Crippen molar-refractivity contribution < 1.29 is 14.3 Å². The molecule has 0 N–H and O–H groups in total. The van der Waals surface area contributed by atoms with Gasteiger partial charge in [-0.1, -0.05) is 32.4 Å². The molecule has 0 amide bonds. The van der Waals surface area contributed by atoms with Gasteiger partial charge in [0.1, 0.15) is 0 Å². The molecule has 0 aromatic heterocycles. The number of hydrogen-bond donors (Lipinski definition) is 0. The Morgan fingerprint density at radius 2 is 2.00 bits per heavy atom. The quantitative estimate of drug-likeness (QED) is 0.703. The second kappa shape index (κ2) is 7.39. The van der Waals surface area contributed by atoms with Gasteiger partial charge >= 0.3 is 0 Å². The average Bonchev–Trinajstić information content (AvgIpc) is 2.35. The van der Waals surface area contributed by atoms with Crippen molar-refractivity contribution in [1.29, 1.82) is 0 Å². The van der Waals surface area contributed by atoms with Crippen LogP contribution in [0.5, 0.6) is 11.5 Å². The van der Waals surface area contributed by atoms with Gasteiger partial charge in [-0.2, -0.15) is 0 Å².